The summed E-state index contributed by atoms with van der Waals surface area (Å²) >= 11 is 0. The number of ether oxygens (including phenoxy) is 2. The molecule has 0 aliphatic heterocycles. The summed E-state index contributed by atoms with van der Waals surface area (Å²) in [4.78, 5) is 23.6. The van der Waals surface area contributed by atoms with Crippen LogP contribution in [0.25, 0.3) is 0 Å². The first-order chi connectivity index (χ1) is 13.2. The molecule has 3 N–H and O–H groups in total. The molecular weight excluding hydrogens is 362 g/mol. The number of carboxylic acids is 1. The number of alkyl carbamates (subject to hydrolysis) is 1. The first-order valence-electron chi connectivity index (χ1n) is 8.85. The van der Waals surface area contributed by atoms with E-state index in [4.69, 9.17) is 9.47 Å². The second-order valence-corrected chi connectivity index (χ2v) is 7.28. The van der Waals surface area contributed by atoms with E-state index in [-0.39, 0.29) is 24.5 Å². The Morgan fingerprint density at radius 3 is 2.36 bits per heavy atom. The Bertz CT molecular complexity index is 813. The Kier molecular flexibility index (Phi) is 6.87. The van der Waals surface area contributed by atoms with Gasteiger partial charge in [0.05, 0.1) is 0 Å². The monoisotopic (exact) mass is 387 g/mol. The maximum Gasteiger partial charge on any atom is 0.408 e. The quantitative estimate of drug-likeness (QED) is 0.672. The van der Waals surface area contributed by atoms with Crippen molar-refractivity contribution in [1.82, 2.24) is 5.32 Å². The van der Waals surface area contributed by atoms with Crippen LogP contribution in [0, 0.1) is 0 Å². The highest BCUT2D eigenvalue weighted by Gasteiger charge is 2.26. The number of hydrogen-bond donors (Lipinski definition) is 3. The van der Waals surface area contributed by atoms with Crippen LogP contribution < -0.4 is 10.1 Å². The number of para-hydroxylation sites is 1. The van der Waals surface area contributed by atoms with Crippen molar-refractivity contribution in [3.05, 3.63) is 59.7 Å². The van der Waals surface area contributed by atoms with Crippen LogP contribution in [-0.2, 0) is 22.6 Å². The Morgan fingerprint density at radius 1 is 1.07 bits per heavy atom. The van der Waals surface area contributed by atoms with E-state index in [1.807, 2.05) is 30.3 Å². The van der Waals surface area contributed by atoms with Crippen molar-refractivity contribution in [2.24, 2.45) is 0 Å². The van der Waals surface area contributed by atoms with Gasteiger partial charge in [0.1, 0.15) is 18.2 Å². The molecular formula is C21H25NO6. The molecule has 0 bridgehead atoms. The predicted octanol–water partition coefficient (Wildman–Crippen LogP) is 3.49. The number of hydrogen-bond acceptors (Lipinski definition) is 5. The molecule has 1 atom stereocenters. The van der Waals surface area contributed by atoms with E-state index >= 15 is 0 Å². The molecule has 7 heteroatoms. The lowest BCUT2D eigenvalue weighted by atomic mass is 10.0. The Balaban J connectivity index is 2.15. The summed E-state index contributed by atoms with van der Waals surface area (Å²) < 4.78 is 10.9. The summed E-state index contributed by atoms with van der Waals surface area (Å²) in [5.41, 5.74) is 0.611. The Morgan fingerprint density at radius 2 is 1.75 bits per heavy atom. The van der Waals surface area contributed by atoms with Crippen LogP contribution >= 0.6 is 0 Å². The zero-order valence-corrected chi connectivity index (χ0v) is 16.1. The maximum atomic E-state index is 11.9. The smallest absolute Gasteiger partial charge is 0.408 e. The maximum absolute atomic E-state index is 11.9. The van der Waals surface area contributed by atoms with Crippen LogP contribution in [-0.4, -0.2) is 33.9 Å². The van der Waals surface area contributed by atoms with Gasteiger partial charge in [0.25, 0.3) is 0 Å². The van der Waals surface area contributed by atoms with Gasteiger partial charge in [-0.05, 0) is 32.4 Å². The number of carbonyl (C=O) groups is 2. The average Bonchev–Trinajstić information content (AvgIpc) is 2.60. The molecule has 0 aliphatic rings. The van der Waals surface area contributed by atoms with E-state index < -0.39 is 23.7 Å². The first kappa shape index (κ1) is 21.1. The average molecular weight is 387 g/mol. The van der Waals surface area contributed by atoms with Crippen LogP contribution in [0.4, 0.5) is 4.79 Å². The number of phenols is 1. The van der Waals surface area contributed by atoms with Gasteiger partial charge in [0, 0.05) is 12.0 Å². The number of rotatable bonds is 7. The molecule has 0 saturated heterocycles. The summed E-state index contributed by atoms with van der Waals surface area (Å²) in [5, 5.41) is 22.0. The standard InChI is InChI=1S/C21H25NO6/c1-21(2,3)28-20(26)22-16(19(24)25)12-15-10-7-11-17(23)18(15)27-13-14-8-5-4-6-9-14/h4-11,16,23H,12-13H2,1-3H3,(H,22,26)(H,24,25). The van der Waals surface area contributed by atoms with Crippen LogP contribution in [0.2, 0.25) is 0 Å². The van der Waals surface area contributed by atoms with E-state index in [1.165, 1.54) is 6.07 Å². The van der Waals surface area contributed by atoms with Crippen molar-refractivity contribution in [3.63, 3.8) is 0 Å². The summed E-state index contributed by atoms with van der Waals surface area (Å²) in [6, 6.07) is 12.8. The van der Waals surface area contributed by atoms with Gasteiger partial charge in [0.2, 0.25) is 0 Å². The van der Waals surface area contributed by atoms with E-state index in [0.29, 0.717) is 5.56 Å². The number of amides is 1. The molecule has 1 amide bonds. The summed E-state index contributed by atoms with van der Waals surface area (Å²) in [7, 11) is 0. The molecule has 0 heterocycles. The van der Waals surface area contributed by atoms with Crippen LogP contribution in [0.15, 0.2) is 48.5 Å². The van der Waals surface area contributed by atoms with E-state index in [1.54, 1.807) is 32.9 Å². The zero-order chi connectivity index (χ0) is 20.7. The van der Waals surface area contributed by atoms with Crippen LogP contribution in [0.5, 0.6) is 11.5 Å². The minimum absolute atomic E-state index is 0.0763. The Labute approximate surface area is 163 Å². The highest BCUT2D eigenvalue weighted by atomic mass is 16.6. The van der Waals surface area contributed by atoms with Gasteiger partial charge < -0.3 is 25.0 Å². The summed E-state index contributed by atoms with van der Waals surface area (Å²) in [6.07, 6.45) is -0.903. The molecule has 150 valence electrons. The zero-order valence-electron chi connectivity index (χ0n) is 16.1. The number of aromatic hydroxyl groups is 1. The predicted molar refractivity (Wildman–Crippen MR) is 103 cm³/mol. The number of benzene rings is 2. The van der Waals surface area contributed by atoms with Crippen molar-refractivity contribution in [1.29, 1.82) is 0 Å². The van der Waals surface area contributed by atoms with Crippen LogP contribution in [0.1, 0.15) is 31.9 Å². The van der Waals surface area contributed by atoms with E-state index in [2.05, 4.69) is 5.32 Å². The van der Waals surface area contributed by atoms with Gasteiger partial charge in [-0.15, -0.1) is 0 Å². The lowest BCUT2D eigenvalue weighted by molar-refractivity contribution is -0.139. The summed E-state index contributed by atoms with van der Waals surface area (Å²) in [6.45, 7) is 5.27. The fourth-order valence-electron chi connectivity index (χ4n) is 2.50. The first-order valence-corrected chi connectivity index (χ1v) is 8.85. The van der Waals surface area contributed by atoms with Crippen molar-refractivity contribution < 1.29 is 29.3 Å². The number of nitrogens with one attached hydrogen (secondary N) is 1. The fraction of sp³-hybridized carbons (Fsp3) is 0.333. The third-order valence-electron chi connectivity index (χ3n) is 3.71. The van der Waals surface area contributed by atoms with Gasteiger partial charge in [-0.1, -0.05) is 42.5 Å². The number of aliphatic carboxylic acids is 1. The highest BCUT2D eigenvalue weighted by Crippen LogP contribution is 2.31. The van der Waals surface area contributed by atoms with E-state index in [0.717, 1.165) is 5.56 Å². The number of phenolic OH excluding ortho intramolecular Hbond substituents is 1. The van der Waals surface area contributed by atoms with Crippen LogP contribution in [0.3, 0.4) is 0 Å². The SMILES string of the molecule is CC(C)(C)OC(=O)NC(Cc1cccc(O)c1OCc1ccccc1)C(=O)O. The topological polar surface area (TPSA) is 105 Å². The van der Waals surface area contributed by atoms with Crippen molar-refractivity contribution >= 4 is 12.1 Å². The van der Waals surface area contributed by atoms with Crippen molar-refractivity contribution in [2.45, 2.75) is 45.4 Å². The molecule has 0 radical (unpaired) electrons. The van der Waals surface area contributed by atoms with Gasteiger partial charge in [-0.25, -0.2) is 9.59 Å². The van der Waals surface area contributed by atoms with Crippen molar-refractivity contribution in [2.75, 3.05) is 0 Å². The van der Waals surface area contributed by atoms with Gasteiger partial charge in [-0.2, -0.15) is 0 Å². The molecule has 0 fully saturated rings. The number of carboxylic acid groups (broad SMARTS) is 1. The lowest BCUT2D eigenvalue weighted by Crippen LogP contribution is -2.44. The van der Waals surface area contributed by atoms with Gasteiger partial charge >= 0.3 is 12.1 Å². The second kappa shape index (κ2) is 9.12. The molecule has 0 aromatic heterocycles. The molecule has 0 aliphatic carbocycles. The highest BCUT2D eigenvalue weighted by molar-refractivity contribution is 5.80. The third-order valence-corrected chi connectivity index (χ3v) is 3.71. The normalized spacial score (nSPS) is 12.1. The fourth-order valence-corrected chi connectivity index (χ4v) is 2.50. The Hall–Kier alpha value is -3.22. The minimum Gasteiger partial charge on any atom is -0.504 e. The molecule has 1 unspecified atom stereocenters. The van der Waals surface area contributed by atoms with Gasteiger partial charge in [0.15, 0.2) is 11.5 Å². The molecule has 0 saturated carbocycles. The minimum atomic E-state index is -1.24. The molecule has 2 rings (SSSR count). The van der Waals surface area contributed by atoms with Crippen molar-refractivity contribution in [3.8, 4) is 11.5 Å². The molecule has 2 aromatic carbocycles. The second-order valence-electron chi connectivity index (χ2n) is 7.28. The summed E-state index contributed by atoms with van der Waals surface area (Å²) in [5.74, 6) is -1.14. The largest absolute Gasteiger partial charge is 0.504 e. The van der Waals surface area contributed by atoms with E-state index in [9.17, 15) is 19.8 Å². The molecule has 2 aromatic rings. The third kappa shape index (κ3) is 6.50. The molecule has 0 spiro atoms. The molecule has 28 heavy (non-hydrogen) atoms. The molecule has 7 nitrogen and oxygen atoms in total. The lowest BCUT2D eigenvalue weighted by Gasteiger charge is -2.22. The number of carbonyl (C=O) groups excluding carboxylic acids is 1. The van der Waals surface area contributed by atoms with Gasteiger partial charge in [-0.3, -0.25) is 0 Å².